The van der Waals surface area contributed by atoms with Crippen LogP contribution in [0.2, 0.25) is 10.0 Å². The molecule has 2 aromatic rings. The van der Waals surface area contributed by atoms with E-state index in [1.165, 1.54) is 0 Å². The zero-order valence-corrected chi connectivity index (χ0v) is 16.9. The number of rotatable bonds is 2. The molecule has 0 spiro atoms. The van der Waals surface area contributed by atoms with Crippen molar-refractivity contribution in [3.63, 3.8) is 0 Å². The van der Waals surface area contributed by atoms with Gasteiger partial charge in [-0.05, 0) is 73.4 Å². The average Bonchev–Trinajstić information content (AvgIpc) is 2.85. The lowest BCUT2D eigenvalue weighted by Crippen LogP contribution is -2.49. The van der Waals surface area contributed by atoms with E-state index in [9.17, 15) is 9.90 Å². The molecule has 27 heavy (non-hydrogen) atoms. The summed E-state index contributed by atoms with van der Waals surface area (Å²) in [6.45, 7) is 4.00. The smallest absolute Gasteiger partial charge is 0.252 e. The number of carbonyl (C=O) groups is 1. The van der Waals surface area contributed by atoms with Crippen molar-refractivity contribution >= 4 is 29.1 Å². The molecule has 2 aliphatic rings. The van der Waals surface area contributed by atoms with Gasteiger partial charge in [0.1, 0.15) is 5.60 Å². The Morgan fingerprint density at radius 1 is 1.15 bits per heavy atom. The van der Waals surface area contributed by atoms with Gasteiger partial charge in [-0.3, -0.25) is 4.79 Å². The molecule has 0 aromatic heterocycles. The van der Waals surface area contributed by atoms with Crippen LogP contribution >= 0.6 is 23.2 Å². The maximum absolute atomic E-state index is 12.5. The van der Waals surface area contributed by atoms with Gasteiger partial charge in [0, 0.05) is 22.0 Å². The van der Waals surface area contributed by atoms with Crippen LogP contribution < -0.4 is 5.32 Å². The monoisotopic (exact) mass is 403 g/mol. The third kappa shape index (κ3) is 3.06. The number of aryl methyl sites for hydroxylation is 1. The van der Waals surface area contributed by atoms with Crippen LogP contribution in [0.25, 0.3) is 0 Å². The number of nitrogens with one attached hydrogen (secondary N) is 1. The van der Waals surface area contributed by atoms with E-state index in [1.54, 1.807) is 0 Å². The Morgan fingerprint density at radius 3 is 2.52 bits per heavy atom. The lowest BCUT2D eigenvalue weighted by atomic mass is 9.60. The molecular formula is C22H23Cl2NO2. The van der Waals surface area contributed by atoms with E-state index in [0.29, 0.717) is 17.9 Å². The minimum absolute atomic E-state index is 0.0322. The molecule has 2 N–H and O–H groups in total. The van der Waals surface area contributed by atoms with Crippen molar-refractivity contribution in [2.24, 2.45) is 5.92 Å². The molecule has 4 rings (SSSR count). The van der Waals surface area contributed by atoms with Crippen molar-refractivity contribution < 1.29 is 9.90 Å². The summed E-state index contributed by atoms with van der Waals surface area (Å²) < 4.78 is 0. The van der Waals surface area contributed by atoms with E-state index in [4.69, 9.17) is 23.2 Å². The van der Waals surface area contributed by atoms with Gasteiger partial charge in [-0.15, -0.1) is 0 Å². The van der Waals surface area contributed by atoms with E-state index in [1.807, 2.05) is 44.2 Å². The van der Waals surface area contributed by atoms with E-state index < -0.39 is 5.60 Å². The highest BCUT2D eigenvalue weighted by atomic mass is 35.5. The summed E-state index contributed by atoms with van der Waals surface area (Å²) >= 11 is 12.7. The molecule has 1 aliphatic carbocycles. The quantitative estimate of drug-likeness (QED) is 0.754. The number of hydrogen-bond donors (Lipinski definition) is 2. The summed E-state index contributed by atoms with van der Waals surface area (Å²) in [5, 5.41) is 15.6. The van der Waals surface area contributed by atoms with Crippen LogP contribution in [0.1, 0.15) is 48.3 Å². The van der Waals surface area contributed by atoms with Crippen LogP contribution in [0, 0.1) is 12.8 Å². The van der Waals surface area contributed by atoms with Gasteiger partial charge in [0.15, 0.2) is 0 Å². The molecule has 1 saturated carbocycles. The fourth-order valence-corrected chi connectivity index (χ4v) is 5.59. The Bertz CT molecular complexity index is 882. The van der Waals surface area contributed by atoms with Crippen LogP contribution in [0.4, 0.5) is 0 Å². The predicted octanol–water partition coefficient (Wildman–Crippen LogP) is 4.83. The Kier molecular flexibility index (Phi) is 4.74. The second kappa shape index (κ2) is 6.80. The van der Waals surface area contributed by atoms with Gasteiger partial charge >= 0.3 is 0 Å². The van der Waals surface area contributed by atoms with Gasteiger partial charge in [-0.2, -0.15) is 0 Å². The number of carbonyl (C=O) groups excluding carboxylic acids is 1. The van der Waals surface area contributed by atoms with Crippen LogP contribution in [-0.2, 0) is 4.79 Å². The first-order chi connectivity index (χ1) is 12.8. The molecule has 0 unspecified atom stereocenters. The largest absolute Gasteiger partial charge is 0.380 e. The average molecular weight is 404 g/mol. The normalized spacial score (nSPS) is 32.9. The van der Waals surface area contributed by atoms with Crippen molar-refractivity contribution in [1.29, 1.82) is 0 Å². The first kappa shape index (κ1) is 18.8. The number of hydrogen-bond acceptors (Lipinski definition) is 2. The zero-order valence-electron chi connectivity index (χ0n) is 15.4. The molecule has 2 fully saturated rings. The molecule has 5 atom stereocenters. The molecule has 2 aromatic carbocycles. The molecule has 1 amide bonds. The van der Waals surface area contributed by atoms with Crippen molar-refractivity contribution in [1.82, 2.24) is 5.32 Å². The molecule has 0 radical (unpaired) electrons. The fraction of sp³-hybridized carbons (Fsp3) is 0.409. The second-order valence-corrected chi connectivity index (χ2v) is 8.80. The van der Waals surface area contributed by atoms with Gasteiger partial charge < -0.3 is 10.4 Å². The Morgan fingerprint density at radius 2 is 1.85 bits per heavy atom. The SMILES string of the molecule is Cc1ccc([C@@H]2CC[C@@]3(O)C(=O)N[C@H](C)[C@H]3[C@H]2c2ccc(Cl)cc2)c(Cl)c1. The van der Waals surface area contributed by atoms with Crippen LogP contribution in [0.15, 0.2) is 42.5 Å². The number of amides is 1. The molecule has 1 saturated heterocycles. The number of halogens is 2. The maximum atomic E-state index is 12.5. The topological polar surface area (TPSA) is 49.3 Å². The highest BCUT2D eigenvalue weighted by molar-refractivity contribution is 6.31. The van der Waals surface area contributed by atoms with Gasteiger partial charge in [-0.25, -0.2) is 0 Å². The van der Waals surface area contributed by atoms with Gasteiger partial charge in [0.2, 0.25) is 0 Å². The Labute approximate surface area is 169 Å². The molecule has 5 heteroatoms. The van der Waals surface area contributed by atoms with Crippen molar-refractivity contribution in [2.75, 3.05) is 0 Å². The summed E-state index contributed by atoms with van der Waals surface area (Å²) in [7, 11) is 0. The predicted molar refractivity (Wildman–Crippen MR) is 108 cm³/mol. The second-order valence-electron chi connectivity index (χ2n) is 7.96. The van der Waals surface area contributed by atoms with Gasteiger partial charge in [0.25, 0.3) is 5.91 Å². The third-order valence-electron chi connectivity index (χ3n) is 6.31. The summed E-state index contributed by atoms with van der Waals surface area (Å²) in [6.07, 6.45) is 1.13. The highest BCUT2D eigenvalue weighted by Gasteiger charge is 2.59. The lowest BCUT2D eigenvalue weighted by Gasteiger charge is -2.45. The van der Waals surface area contributed by atoms with Crippen LogP contribution in [0.3, 0.4) is 0 Å². The maximum Gasteiger partial charge on any atom is 0.252 e. The number of benzene rings is 2. The Hall–Kier alpha value is -1.55. The summed E-state index contributed by atoms with van der Waals surface area (Å²) in [5.74, 6) is -0.385. The minimum Gasteiger partial charge on any atom is -0.380 e. The summed E-state index contributed by atoms with van der Waals surface area (Å²) in [6, 6.07) is 13.8. The van der Waals surface area contributed by atoms with Gasteiger partial charge in [-0.1, -0.05) is 47.5 Å². The lowest BCUT2D eigenvalue weighted by molar-refractivity contribution is -0.142. The van der Waals surface area contributed by atoms with Crippen molar-refractivity contribution in [3.05, 3.63) is 69.2 Å². The van der Waals surface area contributed by atoms with E-state index in [2.05, 4.69) is 17.4 Å². The van der Waals surface area contributed by atoms with Crippen molar-refractivity contribution in [2.45, 2.75) is 50.2 Å². The third-order valence-corrected chi connectivity index (χ3v) is 6.89. The first-order valence-corrected chi connectivity index (χ1v) is 10.1. The molecule has 1 heterocycles. The van der Waals surface area contributed by atoms with E-state index >= 15 is 0 Å². The molecule has 1 aliphatic heterocycles. The number of fused-ring (bicyclic) bond motifs is 1. The fourth-order valence-electron chi connectivity index (χ4n) is 5.09. The van der Waals surface area contributed by atoms with Crippen LogP contribution in [0.5, 0.6) is 0 Å². The molecule has 0 bridgehead atoms. The first-order valence-electron chi connectivity index (χ1n) is 9.36. The van der Waals surface area contributed by atoms with Crippen LogP contribution in [-0.4, -0.2) is 22.7 Å². The van der Waals surface area contributed by atoms with Crippen molar-refractivity contribution in [3.8, 4) is 0 Å². The summed E-state index contributed by atoms with van der Waals surface area (Å²) in [5.41, 5.74) is 1.94. The number of aliphatic hydroxyl groups is 1. The van der Waals surface area contributed by atoms with E-state index in [-0.39, 0.29) is 29.7 Å². The Balaban J connectivity index is 1.85. The van der Waals surface area contributed by atoms with E-state index in [0.717, 1.165) is 21.7 Å². The molecular weight excluding hydrogens is 381 g/mol. The van der Waals surface area contributed by atoms with Gasteiger partial charge in [0.05, 0.1) is 0 Å². The summed E-state index contributed by atoms with van der Waals surface area (Å²) in [4.78, 5) is 12.5. The molecule has 142 valence electrons. The molecule has 3 nitrogen and oxygen atoms in total. The minimum atomic E-state index is -1.34. The highest BCUT2D eigenvalue weighted by Crippen LogP contribution is 2.55. The zero-order chi connectivity index (χ0) is 19.3. The standard InChI is InChI=1S/C22H23Cl2NO2/c1-12-3-8-16(18(24)11-12)17-9-10-22(27)20(13(2)25-21(22)26)19(17)14-4-6-15(23)7-5-14/h3-8,11,13,17,19-20,27H,9-10H2,1-2H3,(H,25,26)/t13-,17+,19+,20+,22+/m1/s1.